The molecule has 0 aliphatic rings. The maximum atomic E-state index is 9.95. The molecule has 0 saturated heterocycles. The van der Waals surface area contributed by atoms with Gasteiger partial charge < -0.3 is 15.5 Å². The summed E-state index contributed by atoms with van der Waals surface area (Å²) in [5.74, 6) is 0. The van der Waals surface area contributed by atoms with E-state index in [4.69, 9.17) is 5.73 Å². The molecular weight excluding hydrogens is 189 g/mol. The summed E-state index contributed by atoms with van der Waals surface area (Å²) < 4.78 is 0. The third kappa shape index (κ3) is 3.30. The minimum Gasteiger partial charge on any atom is -0.540 e. The average Bonchev–Trinajstić information content (AvgIpc) is 2.40. The first-order valence-electron chi connectivity index (χ1n) is 2.93. The predicted octanol–water partition coefficient (Wildman–Crippen LogP) is -0.613. The van der Waals surface area contributed by atoms with Crippen molar-refractivity contribution in [1.29, 1.82) is 0 Å². The zero-order chi connectivity index (χ0) is 7.40. The molecule has 0 bridgehead atoms. The van der Waals surface area contributed by atoms with Crippen molar-refractivity contribution in [3.05, 3.63) is 18.2 Å². The van der Waals surface area contributed by atoms with Crippen LogP contribution < -0.4 is 5.73 Å². The number of nitrogens with one attached hydrogen (secondary N) is 1. The number of aromatic nitrogens is 2. The van der Waals surface area contributed by atoms with E-state index in [1.807, 2.05) is 0 Å². The van der Waals surface area contributed by atoms with Crippen molar-refractivity contribution < 1.29 is 21.3 Å². The minimum absolute atomic E-state index is 0. The summed E-state index contributed by atoms with van der Waals surface area (Å²) in [6.07, 6.45) is 5.34. The minimum atomic E-state index is -0.541. The number of hydrogen-bond donors (Lipinski definition) is 2. The van der Waals surface area contributed by atoms with Crippen LogP contribution in [0.25, 0.3) is 0 Å². The van der Waals surface area contributed by atoms with Crippen LogP contribution in [0.15, 0.2) is 12.5 Å². The second-order valence-corrected chi connectivity index (χ2v) is 2.01. The molecule has 0 aliphatic carbocycles. The first-order chi connectivity index (χ1) is 4.83. The molecule has 0 fully saturated rings. The first kappa shape index (κ1) is 10.3. The van der Waals surface area contributed by atoms with Crippen molar-refractivity contribution in [3.8, 4) is 0 Å². The zero-order valence-corrected chi connectivity index (χ0v) is 6.68. The van der Waals surface area contributed by atoms with E-state index in [2.05, 4.69) is 9.97 Å². The number of carbonyl (C=O) groups excluding carboxylic acids is 1. The molecule has 3 N–H and O–H groups in total. The van der Waals surface area contributed by atoms with Crippen LogP contribution in [-0.4, -0.2) is 22.3 Å². The summed E-state index contributed by atoms with van der Waals surface area (Å²) >= 11 is 0. The van der Waals surface area contributed by atoms with Crippen molar-refractivity contribution in [2.75, 3.05) is 0 Å². The summed E-state index contributed by atoms with van der Waals surface area (Å²) in [5.41, 5.74) is 6.15. The van der Waals surface area contributed by atoms with E-state index in [0.717, 1.165) is 5.69 Å². The van der Waals surface area contributed by atoms with Crippen molar-refractivity contribution in [1.82, 2.24) is 9.97 Å². The molecule has 1 aromatic heterocycles. The van der Waals surface area contributed by atoms with Crippen LogP contribution >= 0.6 is 0 Å². The monoisotopic (exact) mass is 196 g/mol. The second-order valence-electron chi connectivity index (χ2n) is 2.01. The topological polar surface area (TPSA) is 71.8 Å². The molecule has 1 atom stereocenters. The van der Waals surface area contributed by atoms with E-state index in [0.29, 0.717) is 6.42 Å². The van der Waals surface area contributed by atoms with E-state index >= 15 is 0 Å². The number of aromatic amines is 1. The van der Waals surface area contributed by atoms with Gasteiger partial charge in [-0.05, 0) is 6.42 Å². The standard InChI is InChI=1S/C6H8N3O.Ni/c7-5(3-10)1-6-2-8-4-9-6;/h2,4-5H,1,7H2,(H,8,9);/q-1;/t5-;/m0./s1. The fourth-order valence-electron chi connectivity index (χ4n) is 0.675. The summed E-state index contributed by atoms with van der Waals surface area (Å²) in [7, 11) is 0. The summed E-state index contributed by atoms with van der Waals surface area (Å²) in [6, 6.07) is -0.541. The normalized spacial score (nSPS) is 11.7. The summed E-state index contributed by atoms with van der Waals surface area (Å²) in [5, 5.41) is 0. The molecule has 1 heterocycles. The fourth-order valence-corrected chi connectivity index (χ4v) is 0.675. The zero-order valence-electron chi connectivity index (χ0n) is 5.69. The van der Waals surface area contributed by atoms with E-state index in [1.165, 1.54) is 0 Å². The molecule has 64 valence electrons. The van der Waals surface area contributed by atoms with Crippen LogP contribution in [0.4, 0.5) is 0 Å². The third-order valence-electron chi connectivity index (χ3n) is 1.15. The molecule has 0 aliphatic heterocycles. The van der Waals surface area contributed by atoms with Crippen LogP contribution in [0.5, 0.6) is 0 Å². The molecular formula is C6H8N3NiO-. The molecule has 0 amide bonds. The molecule has 0 saturated carbocycles. The van der Waals surface area contributed by atoms with E-state index in [1.54, 1.807) is 18.8 Å². The SMILES string of the molecule is N[C@H]([C-]=O)Cc1cnc[nH]1.[Ni]. The number of nitrogens with zero attached hydrogens (tertiary/aromatic N) is 1. The van der Waals surface area contributed by atoms with Crippen LogP contribution in [0, 0.1) is 0 Å². The van der Waals surface area contributed by atoms with Gasteiger partial charge in [0, 0.05) is 28.4 Å². The molecule has 4 nitrogen and oxygen atoms in total. The molecule has 1 rings (SSSR count). The van der Waals surface area contributed by atoms with Gasteiger partial charge >= 0.3 is 0 Å². The Labute approximate surface area is 74.5 Å². The molecule has 0 spiro atoms. The van der Waals surface area contributed by atoms with Gasteiger partial charge in [-0.15, -0.1) is 0 Å². The molecule has 1 aromatic rings. The van der Waals surface area contributed by atoms with Gasteiger partial charge in [-0.25, -0.2) is 11.3 Å². The second kappa shape index (κ2) is 5.05. The van der Waals surface area contributed by atoms with Gasteiger partial charge in [0.05, 0.1) is 6.33 Å². The third-order valence-corrected chi connectivity index (χ3v) is 1.15. The number of H-pyrrole nitrogens is 1. The summed E-state index contributed by atoms with van der Waals surface area (Å²) in [6.45, 7) is 0. The quantitative estimate of drug-likeness (QED) is 0.501. The maximum Gasteiger partial charge on any atom is 0.0921 e. The van der Waals surface area contributed by atoms with Crippen LogP contribution in [0.2, 0.25) is 0 Å². The van der Waals surface area contributed by atoms with Gasteiger partial charge in [0.2, 0.25) is 0 Å². The average molecular weight is 197 g/mol. The first-order valence-corrected chi connectivity index (χ1v) is 2.93. The van der Waals surface area contributed by atoms with E-state index < -0.39 is 6.04 Å². The predicted molar refractivity (Wildman–Crippen MR) is 36.0 cm³/mol. The largest absolute Gasteiger partial charge is 0.540 e. The Kier molecular flexibility index (Phi) is 4.74. The van der Waals surface area contributed by atoms with Gasteiger partial charge in [-0.3, -0.25) is 0 Å². The Morgan fingerprint density at radius 1 is 1.82 bits per heavy atom. The van der Waals surface area contributed by atoms with Gasteiger partial charge in [0.1, 0.15) is 0 Å². The molecule has 0 radical (unpaired) electrons. The Morgan fingerprint density at radius 3 is 3.00 bits per heavy atom. The van der Waals surface area contributed by atoms with Crippen LogP contribution in [0.3, 0.4) is 0 Å². The van der Waals surface area contributed by atoms with E-state index in [-0.39, 0.29) is 16.5 Å². The van der Waals surface area contributed by atoms with Gasteiger partial charge in [0.15, 0.2) is 0 Å². The smallest absolute Gasteiger partial charge is 0.0921 e. The maximum absolute atomic E-state index is 9.95. The Balaban J connectivity index is 0.000001000. The van der Waals surface area contributed by atoms with Crippen molar-refractivity contribution in [2.24, 2.45) is 5.73 Å². The van der Waals surface area contributed by atoms with Gasteiger partial charge in [-0.1, -0.05) is 6.04 Å². The molecule has 0 unspecified atom stereocenters. The Morgan fingerprint density at radius 2 is 2.55 bits per heavy atom. The molecule has 11 heavy (non-hydrogen) atoms. The van der Waals surface area contributed by atoms with Gasteiger partial charge in [-0.2, -0.15) is 0 Å². The van der Waals surface area contributed by atoms with Crippen LogP contribution in [0.1, 0.15) is 5.69 Å². The number of nitrogens with two attached hydrogens (primary N) is 1. The Bertz CT molecular complexity index is 200. The van der Waals surface area contributed by atoms with E-state index in [9.17, 15) is 4.79 Å². The van der Waals surface area contributed by atoms with Crippen molar-refractivity contribution >= 4 is 6.29 Å². The fraction of sp³-hybridized carbons (Fsp3) is 0.333. The van der Waals surface area contributed by atoms with Crippen molar-refractivity contribution in [2.45, 2.75) is 12.5 Å². The summed E-state index contributed by atoms with van der Waals surface area (Å²) in [4.78, 5) is 16.5. The number of imidazole rings is 1. The van der Waals surface area contributed by atoms with Crippen molar-refractivity contribution in [3.63, 3.8) is 0 Å². The van der Waals surface area contributed by atoms with Crippen LogP contribution in [-0.2, 0) is 27.7 Å². The molecule has 5 heteroatoms. The Hall–Kier alpha value is -0.666. The number of hydrogen-bond acceptors (Lipinski definition) is 3. The van der Waals surface area contributed by atoms with Gasteiger partial charge in [0.25, 0.3) is 0 Å². The molecule has 0 aromatic carbocycles. The number of rotatable bonds is 3.